The quantitative estimate of drug-likeness (QED) is 0.767. The van der Waals surface area contributed by atoms with Crippen LogP contribution in [-0.2, 0) is 6.54 Å². The number of aliphatic hydroxyl groups is 1. The van der Waals surface area contributed by atoms with Gasteiger partial charge in [-0.15, -0.1) is 0 Å². The van der Waals surface area contributed by atoms with Gasteiger partial charge in [-0.25, -0.2) is 0 Å². The van der Waals surface area contributed by atoms with Crippen LogP contribution in [-0.4, -0.2) is 23.2 Å². The van der Waals surface area contributed by atoms with E-state index in [0.717, 1.165) is 37.1 Å². The minimum Gasteiger partial charge on any atom is -0.396 e. The van der Waals surface area contributed by atoms with Crippen molar-refractivity contribution in [3.05, 3.63) is 41.6 Å². The number of pyridine rings is 1. The van der Waals surface area contributed by atoms with Crippen LogP contribution in [0.3, 0.4) is 0 Å². The minimum atomic E-state index is 0.277. The number of aromatic nitrogens is 1. The smallest absolute Gasteiger partial charge is 0.0708 e. The number of nitrogens with zero attached hydrogens (tertiary/aromatic N) is 1. The molecule has 0 radical (unpaired) electrons. The number of hydrogen-bond donors (Lipinski definition) is 2. The highest BCUT2D eigenvalue weighted by Crippen LogP contribution is 2.17. The average molecular weight is 244 g/mol. The van der Waals surface area contributed by atoms with Crippen LogP contribution in [0.2, 0.25) is 0 Å². The molecule has 1 aromatic heterocycles. The fraction of sp³-hybridized carbons (Fsp3) is 0.400. The van der Waals surface area contributed by atoms with E-state index in [-0.39, 0.29) is 6.61 Å². The topological polar surface area (TPSA) is 45.1 Å². The maximum Gasteiger partial charge on any atom is 0.0708 e. The Morgan fingerprint density at radius 3 is 2.89 bits per heavy atom. The van der Waals surface area contributed by atoms with Crippen LogP contribution in [0.1, 0.15) is 24.1 Å². The first-order valence-corrected chi connectivity index (χ1v) is 6.48. The van der Waals surface area contributed by atoms with E-state index in [9.17, 15) is 0 Å². The van der Waals surface area contributed by atoms with Gasteiger partial charge in [0.25, 0.3) is 0 Å². The number of nitrogens with one attached hydrogen (secondary N) is 1. The second-order valence-electron chi connectivity index (χ2n) is 4.55. The molecule has 0 spiro atoms. The predicted octanol–water partition coefficient (Wildman–Crippen LogP) is 2.41. The van der Waals surface area contributed by atoms with Crippen molar-refractivity contribution >= 4 is 10.9 Å². The summed E-state index contributed by atoms with van der Waals surface area (Å²) < 4.78 is 0. The Kier molecular flexibility index (Phi) is 4.67. The molecule has 3 heteroatoms. The molecule has 0 saturated carbocycles. The van der Waals surface area contributed by atoms with Crippen LogP contribution in [0.25, 0.3) is 10.9 Å². The third-order valence-corrected chi connectivity index (χ3v) is 3.01. The van der Waals surface area contributed by atoms with E-state index in [0.29, 0.717) is 0 Å². The number of unbranched alkanes of at least 4 members (excludes halogenated alkanes) is 1. The Hall–Kier alpha value is -1.45. The summed E-state index contributed by atoms with van der Waals surface area (Å²) in [6, 6.07) is 10.4. The molecular weight excluding hydrogens is 224 g/mol. The zero-order valence-electron chi connectivity index (χ0n) is 10.8. The van der Waals surface area contributed by atoms with Gasteiger partial charge < -0.3 is 10.4 Å². The first-order chi connectivity index (χ1) is 8.81. The van der Waals surface area contributed by atoms with E-state index < -0.39 is 0 Å². The van der Waals surface area contributed by atoms with Crippen molar-refractivity contribution < 1.29 is 5.11 Å². The minimum absolute atomic E-state index is 0.277. The van der Waals surface area contributed by atoms with Crippen LogP contribution in [0.4, 0.5) is 0 Å². The molecule has 0 unspecified atom stereocenters. The van der Waals surface area contributed by atoms with Crippen molar-refractivity contribution in [1.82, 2.24) is 10.3 Å². The van der Waals surface area contributed by atoms with Crippen molar-refractivity contribution in [2.45, 2.75) is 26.3 Å². The summed E-state index contributed by atoms with van der Waals surface area (Å²) in [6.07, 6.45) is 1.88. The van der Waals surface area contributed by atoms with Gasteiger partial charge in [-0.1, -0.05) is 18.2 Å². The first-order valence-electron chi connectivity index (χ1n) is 6.48. The van der Waals surface area contributed by atoms with Gasteiger partial charge in [0.1, 0.15) is 0 Å². The summed E-state index contributed by atoms with van der Waals surface area (Å²) in [4.78, 5) is 4.53. The molecular formula is C15H20N2O. The largest absolute Gasteiger partial charge is 0.396 e. The molecule has 18 heavy (non-hydrogen) atoms. The average Bonchev–Trinajstić information content (AvgIpc) is 2.38. The van der Waals surface area contributed by atoms with Crippen molar-refractivity contribution in [3.8, 4) is 0 Å². The van der Waals surface area contributed by atoms with Gasteiger partial charge in [-0.05, 0) is 44.0 Å². The summed E-state index contributed by atoms with van der Waals surface area (Å²) in [5.74, 6) is 0. The third-order valence-electron chi connectivity index (χ3n) is 3.01. The van der Waals surface area contributed by atoms with E-state index in [1.54, 1.807) is 0 Å². The van der Waals surface area contributed by atoms with Crippen LogP contribution in [0.15, 0.2) is 30.3 Å². The van der Waals surface area contributed by atoms with Crippen molar-refractivity contribution in [2.24, 2.45) is 0 Å². The fourth-order valence-electron chi connectivity index (χ4n) is 2.13. The standard InChI is InChI=1S/C15H20N2O/c1-12-10-13(11-16-8-4-5-9-18)14-6-2-3-7-15(14)17-12/h2-3,6-7,10,16,18H,4-5,8-9,11H2,1H3. The number of fused-ring (bicyclic) bond motifs is 1. The normalized spacial score (nSPS) is 11.0. The Labute approximate surface area is 108 Å². The van der Waals surface area contributed by atoms with Gasteiger partial charge in [0, 0.05) is 24.2 Å². The van der Waals surface area contributed by atoms with Crippen LogP contribution in [0.5, 0.6) is 0 Å². The predicted molar refractivity (Wildman–Crippen MR) is 74.5 cm³/mol. The Bertz CT molecular complexity index is 511. The van der Waals surface area contributed by atoms with Crippen molar-refractivity contribution in [1.29, 1.82) is 0 Å². The second kappa shape index (κ2) is 6.47. The Morgan fingerprint density at radius 2 is 2.06 bits per heavy atom. The lowest BCUT2D eigenvalue weighted by molar-refractivity contribution is 0.283. The van der Waals surface area contributed by atoms with Gasteiger partial charge in [0.2, 0.25) is 0 Å². The van der Waals surface area contributed by atoms with Gasteiger partial charge in [0.05, 0.1) is 5.52 Å². The van der Waals surface area contributed by atoms with Crippen molar-refractivity contribution in [2.75, 3.05) is 13.2 Å². The molecule has 96 valence electrons. The number of rotatable bonds is 6. The fourth-order valence-corrected chi connectivity index (χ4v) is 2.13. The molecule has 0 aliphatic carbocycles. The molecule has 0 bridgehead atoms. The first kappa shape index (κ1) is 13.0. The van der Waals surface area contributed by atoms with E-state index in [4.69, 9.17) is 5.11 Å². The molecule has 2 N–H and O–H groups in total. The summed E-state index contributed by atoms with van der Waals surface area (Å²) in [6.45, 7) is 4.10. The van der Waals surface area contributed by atoms with Crippen LogP contribution >= 0.6 is 0 Å². The summed E-state index contributed by atoms with van der Waals surface area (Å²) >= 11 is 0. The molecule has 1 heterocycles. The van der Waals surface area contributed by atoms with E-state index >= 15 is 0 Å². The number of aryl methyl sites for hydroxylation is 1. The highest BCUT2D eigenvalue weighted by atomic mass is 16.2. The summed E-state index contributed by atoms with van der Waals surface area (Å²) in [7, 11) is 0. The summed E-state index contributed by atoms with van der Waals surface area (Å²) in [5.41, 5.74) is 3.41. The molecule has 2 rings (SSSR count). The lowest BCUT2D eigenvalue weighted by atomic mass is 10.1. The zero-order valence-corrected chi connectivity index (χ0v) is 10.8. The number of aliphatic hydroxyl groups excluding tert-OH is 1. The molecule has 0 aliphatic heterocycles. The molecule has 0 amide bonds. The zero-order chi connectivity index (χ0) is 12.8. The van der Waals surface area contributed by atoms with Crippen LogP contribution in [0, 0.1) is 6.92 Å². The highest BCUT2D eigenvalue weighted by Gasteiger charge is 2.02. The van der Waals surface area contributed by atoms with Crippen molar-refractivity contribution in [3.63, 3.8) is 0 Å². The van der Waals surface area contributed by atoms with Crippen LogP contribution < -0.4 is 5.32 Å². The van der Waals surface area contributed by atoms with Gasteiger partial charge >= 0.3 is 0 Å². The van der Waals surface area contributed by atoms with E-state index in [1.807, 2.05) is 13.0 Å². The molecule has 0 aliphatic rings. The molecule has 0 atom stereocenters. The molecule has 0 fully saturated rings. The number of para-hydroxylation sites is 1. The number of benzene rings is 1. The maximum atomic E-state index is 8.72. The van der Waals surface area contributed by atoms with Gasteiger partial charge in [-0.2, -0.15) is 0 Å². The molecule has 2 aromatic rings. The highest BCUT2D eigenvalue weighted by molar-refractivity contribution is 5.82. The van der Waals surface area contributed by atoms with Gasteiger partial charge in [-0.3, -0.25) is 4.98 Å². The molecule has 0 saturated heterocycles. The third kappa shape index (κ3) is 3.28. The van der Waals surface area contributed by atoms with E-state index in [2.05, 4.69) is 34.6 Å². The summed E-state index contributed by atoms with van der Waals surface area (Å²) in [5, 5.41) is 13.4. The lowest BCUT2D eigenvalue weighted by Crippen LogP contribution is -2.15. The maximum absolute atomic E-state index is 8.72. The second-order valence-corrected chi connectivity index (χ2v) is 4.55. The van der Waals surface area contributed by atoms with Gasteiger partial charge in [0.15, 0.2) is 0 Å². The molecule has 1 aromatic carbocycles. The number of hydrogen-bond acceptors (Lipinski definition) is 3. The SMILES string of the molecule is Cc1cc(CNCCCCO)c2ccccc2n1. The monoisotopic (exact) mass is 244 g/mol. The molecule has 3 nitrogen and oxygen atoms in total. The Balaban J connectivity index is 2.07. The Morgan fingerprint density at radius 1 is 1.22 bits per heavy atom. The van der Waals surface area contributed by atoms with E-state index in [1.165, 1.54) is 10.9 Å². The lowest BCUT2D eigenvalue weighted by Gasteiger charge is -2.09.